The van der Waals surface area contributed by atoms with E-state index < -0.39 is 5.91 Å². The van der Waals surface area contributed by atoms with Crippen LogP contribution in [0.15, 0.2) is 48.0 Å². The number of benzene rings is 2. The second-order valence-electron chi connectivity index (χ2n) is 6.36. The summed E-state index contributed by atoms with van der Waals surface area (Å²) in [7, 11) is 1.51. The highest BCUT2D eigenvalue weighted by Gasteiger charge is 2.15. The van der Waals surface area contributed by atoms with Crippen LogP contribution < -0.4 is 14.8 Å². The minimum atomic E-state index is -0.434. The SMILES string of the molecule is COc1cc(/C=C(\C#N)C(=O)NCCc2ccccc2)cc(Cl)c1OC(C)C. The average molecular weight is 399 g/mol. The van der Waals surface area contributed by atoms with Gasteiger partial charge in [-0.1, -0.05) is 41.9 Å². The van der Waals surface area contributed by atoms with E-state index in [2.05, 4.69) is 5.32 Å². The van der Waals surface area contributed by atoms with Crippen LogP contribution in [0.4, 0.5) is 0 Å². The van der Waals surface area contributed by atoms with Crippen LogP contribution in [0, 0.1) is 11.3 Å². The zero-order valence-corrected chi connectivity index (χ0v) is 16.9. The Morgan fingerprint density at radius 2 is 2.00 bits per heavy atom. The minimum Gasteiger partial charge on any atom is -0.493 e. The Morgan fingerprint density at radius 3 is 2.61 bits per heavy atom. The molecule has 0 saturated heterocycles. The van der Waals surface area contributed by atoms with Gasteiger partial charge in [-0.2, -0.15) is 5.26 Å². The Kier molecular flexibility index (Phi) is 7.91. The van der Waals surface area contributed by atoms with Gasteiger partial charge in [0.25, 0.3) is 5.91 Å². The summed E-state index contributed by atoms with van der Waals surface area (Å²) in [6.45, 7) is 4.21. The zero-order chi connectivity index (χ0) is 20.5. The summed E-state index contributed by atoms with van der Waals surface area (Å²) in [6, 6.07) is 15.1. The number of methoxy groups -OCH3 is 1. The van der Waals surface area contributed by atoms with Crippen molar-refractivity contribution in [2.75, 3.05) is 13.7 Å². The Balaban J connectivity index is 2.13. The van der Waals surface area contributed by atoms with E-state index in [1.54, 1.807) is 12.1 Å². The highest BCUT2D eigenvalue weighted by molar-refractivity contribution is 6.32. The second kappa shape index (κ2) is 10.4. The number of nitrogens with zero attached hydrogens (tertiary/aromatic N) is 1. The molecule has 1 amide bonds. The van der Waals surface area contributed by atoms with Crippen molar-refractivity contribution in [1.29, 1.82) is 5.26 Å². The van der Waals surface area contributed by atoms with E-state index in [0.29, 0.717) is 35.1 Å². The molecule has 0 atom stereocenters. The van der Waals surface area contributed by atoms with Crippen LogP contribution in [-0.2, 0) is 11.2 Å². The Bertz CT molecular complexity index is 887. The van der Waals surface area contributed by atoms with E-state index in [1.165, 1.54) is 13.2 Å². The molecule has 0 saturated carbocycles. The summed E-state index contributed by atoms with van der Waals surface area (Å²) >= 11 is 6.30. The van der Waals surface area contributed by atoms with E-state index in [9.17, 15) is 10.1 Å². The van der Waals surface area contributed by atoms with Crippen molar-refractivity contribution in [3.8, 4) is 17.6 Å². The molecule has 2 aromatic rings. The molecule has 146 valence electrons. The molecule has 6 heteroatoms. The fourth-order valence-electron chi connectivity index (χ4n) is 2.55. The molecule has 5 nitrogen and oxygen atoms in total. The van der Waals surface area contributed by atoms with Gasteiger partial charge in [-0.3, -0.25) is 4.79 Å². The molecule has 0 aliphatic rings. The van der Waals surface area contributed by atoms with Gasteiger partial charge in [0.05, 0.1) is 18.2 Å². The number of hydrogen-bond donors (Lipinski definition) is 1. The van der Waals surface area contributed by atoms with Gasteiger partial charge in [-0.25, -0.2) is 0 Å². The summed E-state index contributed by atoms with van der Waals surface area (Å²) in [5, 5.41) is 12.5. The molecule has 0 aliphatic carbocycles. The van der Waals surface area contributed by atoms with Gasteiger partial charge in [0.1, 0.15) is 11.6 Å². The first-order valence-corrected chi connectivity index (χ1v) is 9.30. The lowest BCUT2D eigenvalue weighted by molar-refractivity contribution is -0.117. The molecule has 0 heterocycles. The summed E-state index contributed by atoms with van der Waals surface area (Å²) in [5.41, 5.74) is 1.68. The van der Waals surface area contributed by atoms with Gasteiger partial charge < -0.3 is 14.8 Å². The lowest BCUT2D eigenvalue weighted by atomic mass is 10.1. The largest absolute Gasteiger partial charge is 0.493 e. The third kappa shape index (κ3) is 6.04. The van der Waals surface area contributed by atoms with Crippen molar-refractivity contribution in [1.82, 2.24) is 5.32 Å². The van der Waals surface area contributed by atoms with Crippen LogP contribution in [-0.4, -0.2) is 25.7 Å². The van der Waals surface area contributed by atoms with Crippen molar-refractivity contribution in [2.45, 2.75) is 26.4 Å². The fraction of sp³-hybridized carbons (Fsp3) is 0.273. The number of amides is 1. The summed E-state index contributed by atoms with van der Waals surface area (Å²) < 4.78 is 11.0. The predicted octanol–water partition coefficient (Wildman–Crippen LogP) is 4.40. The third-order valence-corrected chi connectivity index (χ3v) is 4.10. The molecule has 0 radical (unpaired) electrons. The highest BCUT2D eigenvalue weighted by atomic mass is 35.5. The van der Waals surface area contributed by atoms with Gasteiger partial charge >= 0.3 is 0 Å². The molecular weight excluding hydrogens is 376 g/mol. The second-order valence-corrected chi connectivity index (χ2v) is 6.77. The van der Waals surface area contributed by atoms with Crippen LogP contribution in [0.25, 0.3) is 6.08 Å². The number of nitrogens with one attached hydrogen (secondary N) is 1. The molecule has 0 fully saturated rings. The smallest absolute Gasteiger partial charge is 0.261 e. The monoisotopic (exact) mass is 398 g/mol. The molecule has 0 unspecified atom stereocenters. The van der Waals surface area contributed by atoms with Crippen LogP contribution in [0.3, 0.4) is 0 Å². The van der Waals surface area contributed by atoms with E-state index in [0.717, 1.165) is 5.56 Å². The highest BCUT2D eigenvalue weighted by Crippen LogP contribution is 2.37. The lowest BCUT2D eigenvalue weighted by Crippen LogP contribution is -2.26. The Morgan fingerprint density at radius 1 is 1.29 bits per heavy atom. The molecule has 0 aliphatic heterocycles. The predicted molar refractivity (Wildman–Crippen MR) is 111 cm³/mol. The summed E-state index contributed by atoms with van der Waals surface area (Å²) in [4.78, 5) is 12.3. The number of halogens is 1. The van der Waals surface area contributed by atoms with Crippen molar-refractivity contribution >= 4 is 23.6 Å². The number of ether oxygens (including phenoxy) is 2. The molecular formula is C22H23ClN2O3. The lowest BCUT2D eigenvalue weighted by Gasteiger charge is -2.15. The Hall–Kier alpha value is -2.97. The Labute approximate surface area is 170 Å². The van der Waals surface area contributed by atoms with E-state index in [-0.39, 0.29) is 11.7 Å². The normalized spacial score (nSPS) is 11.1. The molecule has 2 rings (SSSR count). The van der Waals surface area contributed by atoms with Gasteiger partial charge in [0.2, 0.25) is 0 Å². The van der Waals surface area contributed by atoms with Gasteiger partial charge in [-0.05, 0) is 49.6 Å². The maximum Gasteiger partial charge on any atom is 0.261 e. The van der Waals surface area contributed by atoms with Crippen molar-refractivity contribution in [3.05, 3.63) is 64.2 Å². The minimum absolute atomic E-state index is 0.0105. The summed E-state index contributed by atoms with van der Waals surface area (Å²) in [5.74, 6) is 0.437. The number of carbonyl (C=O) groups excluding carboxylic acids is 1. The van der Waals surface area contributed by atoms with Gasteiger partial charge in [0, 0.05) is 6.54 Å². The first-order valence-electron chi connectivity index (χ1n) is 8.92. The number of carbonyl (C=O) groups is 1. The molecule has 0 spiro atoms. The quantitative estimate of drug-likeness (QED) is 0.528. The van der Waals surface area contributed by atoms with Crippen molar-refractivity contribution in [2.24, 2.45) is 0 Å². The molecule has 0 aromatic heterocycles. The first kappa shape index (κ1) is 21.3. The van der Waals surface area contributed by atoms with Crippen LogP contribution in [0.5, 0.6) is 11.5 Å². The fourth-order valence-corrected chi connectivity index (χ4v) is 2.81. The van der Waals surface area contributed by atoms with Crippen LogP contribution >= 0.6 is 11.6 Å². The van der Waals surface area contributed by atoms with Crippen molar-refractivity contribution in [3.63, 3.8) is 0 Å². The topological polar surface area (TPSA) is 71.3 Å². The van der Waals surface area contributed by atoms with Gasteiger partial charge in [-0.15, -0.1) is 0 Å². The molecule has 1 N–H and O–H groups in total. The van der Waals surface area contributed by atoms with Crippen LogP contribution in [0.2, 0.25) is 5.02 Å². The number of hydrogen-bond acceptors (Lipinski definition) is 4. The van der Waals surface area contributed by atoms with E-state index in [4.69, 9.17) is 21.1 Å². The number of rotatable bonds is 8. The standard InChI is InChI=1S/C22H23ClN2O3/c1-15(2)28-21-19(23)12-17(13-20(21)27-3)11-18(14-24)22(26)25-10-9-16-7-5-4-6-8-16/h4-8,11-13,15H,9-10H2,1-3H3,(H,25,26)/b18-11+. The van der Waals surface area contributed by atoms with E-state index in [1.807, 2.05) is 50.2 Å². The molecule has 0 bridgehead atoms. The number of nitriles is 1. The van der Waals surface area contributed by atoms with E-state index >= 15 is 0 Å². The third-order valence-electron chi connectivity index (χ3n) is 3.82. The van der Waals surface area contributed by atoms with Crippen LogP contribution in [0.1, 0.15) is 25.0 Å². The maximum atomic E-state index is 12.3. The first-order chi connectivity index (χ1) is 13.4. The van der Waals surface area contributed by atoms with Gasteiger partial charge in [0.15, 0.2) is 11.5 Å². The molecule has 2 aromatic carbocycles. The van der Waals surface area contributed by atoms with Crippen molar-refractivity contribution < 1.29 is 14.3 Å². The average Bonchev–Trinajstić information content (AvgIpc) is 2.68. The summed E-state index contributed by atoms with van der Waals surface area (Å²) in [6.07, 6.45) is 2.09. The maximum absolute atomic E-state index is 12.3. The molecule has 28 heavy (non-hydrogen) atoms. The zero-order valence-electron chi connectivity index (χ0n) is 16.2.